The van der Waals surface area contributed by atoms with Crippen LogP contribution in [-0.4, -0.2) is 17.7 Å². The molecule has 0 aromatic heterocycles. The number of rotatable bonds is 5. The van der Waals surface area contributed by atoms with Crippen LogP contribution in [0.2, 0.25) is 0 Å². The quantitative estimate of drug-likeness (QED) is 0.582. The molecule has 1 atom stereocenters. The maximum absolute atomic E-state index is 12.6. The molecule has 1 fully saturated rings. The van der Waals surface area contributed by atoms with E-state index in [0.29, 0.717) is 23.2 Å². The molecular formula is C27H24N2O3. The van der Waals surface area contributed by atoms with E-state index in [4.69, 9.17) is 0 Å². The molecule has 3 aromatic carbocycles. The molecule has 160 valence electrons. The molecule has 0 radical (unpaired) electrons. The van der Waals surface area contributed by atoms with Crippen LogP contribution in [0.4, 0.5) is 11.4 Å². The van der Waals surface area contributed by atoms with Gasteiger partial charge in [-0.1, -0.05) is 50.2 Å². The summed E-state index contributed by atoms with van der Waals surface area (Å²) in [4.78, 5) is 38.8. The molecule has 0 saturated heterocycles. The van der Waals surface area contributed by atoms with Crippen molar-refractivity contribution in [3.8, 4) is 0 Å². The van der Waals surface area contributed by atoms with E-state index in [0.717, 1.165) is 23.2 Å². The summed E-state index contributed by atoms with van der Waals surface area (Å²) in [7, 11) is 0. The molecule has 1 heterocycles. The van der Waals surface area contributed by atoms with E-state index in [-0.39, 0.29) is 29.1 Å². The standard InChI is InChI=1S/C27H24N2O3/c1-27(2)16-23(27)24(30)28-19-11-7-17(8-12-19)15-18-9-13-20(14-10-18)29-25(31)21-5-3-4-6-22(21)26(29)32/h3-14,23H,15-16H2,1-2H3,(H,28,30). The summed E-state index contributed by atoms with van der Waals surface area (Å²) in [5.41, 5.74) is 4.56. The Morgan fingerprint density at radius 2 is 1.38 bits per heavy atom. The van der Waals surface area contributed by atoms with Gasteiger partial charge in [0.25, 0.3) is 11.8 Å². The van der Waals surface area contributed by atoms with Crippen molar-refractivity contribution < 1.29 is 14.4 Å². The second kappa shape index (κ2) is 7.45. The molecule has 32 heavy (non-hydrogen) atoms. The topological polar surface area (TPSA) is 66.5 Å². The fourth-order valence-electron chi connectivity index (χ4n) is 4.27. The number of amides is 3. The number of hydrogen-bond acceptors (Lipinski definition) is 3. The Morgan fingerprint density at radius 3 is 1.88 bits per heavy atom. The Hall–Kier alpha value is -3.73. The molecule has 3 aromatic rings. The van der Waals surface area contributed by atoms with E-state index in [2.05, 4.69) is 19.2 Å². The highest BCUT2D eigenvalue weighted by Crippen LogP contribution is 2.52. The Labute approximate surface area is 187 Å². The molecular weight excluding hydrogens is 400 g/mol. The zero-order valence-electron chi connectivity index (χ0n) is 18.1. The SMILES string of the molecule is CC1(C)CC1C(=O)Nc1ccc(Cc2ccc(N3C(=O)c4ccccc4C3=O)cc2)cc1. The van der Waals surface area contributed by atoms with Gasteiger partial charge >= 0.3 is 0 Å². The molecule has 5 heteroatoms. The fourth-order valence-corrected chi connectivity index (χ4v) is 4.27. The third-order valence-electron chi connectivity index (χ3n) is 6.45. The lowest BCUT2D eigenvalue weighted by Crippen LogP contribution is -2.29. The number of carbonyl (C=O) groups is 3. The van der Waals surface area contributed by atoms with E-state index >= 15 is 0 Å². The van der Waals surface area contributed by atoms with Crippen LogP contribution in [-0.2, 0) is 11.2 Å². The first kappa shape index (κ1) is 20.2. The molecule has 3 amide bonds. The molecule has 5 nitrogen and oxygen atoms in total. The lowest BCUT2D eigenvalue weighted by atomic mass is 10.0. The average molecular weight is 425 g/mol. The van der Waals surface area contributed by atoms with Gasteiger partial charge in [0.05, 0.1) is 16.8 Å². The van der Waals surface area contributed by atoms with Gasteiger partial charge in [-0.3, -0.25) is 14.4 Å². The van der Waals surface area contributed by atoms with Gasteiger partial charge < -0.3 is 5.32 Å². The van der Waals surface area contributed by atoms with Crippen LogP contribution in [0.15, 0.2) is 72.8 Å². The first-order valence-corrected chi connectivity index (χ1v) is 10.8. The maximum atomic E-state index is 12.6. The lowest BCUT2D eigenvalue weighted by Gasteiger charge is -2.14. The predicted molar refractivity (Wildman–Crippen MR) is 124 cm³/mol. The van der Waals surface area contributed by atoms with Crippen molar-refractivity contribution in [2.24, 2.45) is 11.3 Å². The van der Waals surface area contributed by atoms with Crippen molar-refractivity contribution in [3.05, 3.63) is 95.1 Å². The van der Waals surface area contributed by atoms with Crippen molar-refractivity contribution in [3.63, 3.8) is 0 Å². The third kappa shape index (κ3) is 3.60. The Morgan fingerprint density at radius 1 is 0.875 bits per heavy atom. The van der Waals surface area contributed by atoms with Crippen LogP contribution >= 0.6 is 0 Å². The van der Waals surface area contributed by atoms with Gasteiger partial charge in [-0.25, -0.2) is 4.90 Å². The van der Waals surface area contributed by atoms with E-state index in [1.54, 1.807) is 24.3 Å². The van der Waals surface area contributed by atoms with Gasteiger partial charge in [0.15, 0.2) is 0 Å². The van der Waals surface area contributed by atoms with Gasteiger partial charge in [-0.05, 0) is 65.8 Å². The van der Waals surface area contributed by atoms with Gasteiger partial charge in [-0.2, -0.15) is 0 Å². The minimum atomic E-state index is -0.287. The van der Waals surface area contributed by atoms with E-state index < -0.39 is 0 Å². The molecule has 0 bridgehead atoms. The Kier molecular flexibility index (Phi) is 4.70. The average Bonchev–Trinajstić information content (AvgIpc) is 3.36. The molecule has 1 aliphatic heterocycles. The normalized spacial score (nSPS) is 18.4. The molecule has 5 rings (SSSR count). The monoisotopic (exact) mass is 424 g/mol. The summed E-state index contributed by atoms with van der Waals surface area (Å²) >= 11 is 0. The number of benzene rings is 3. The number of hydrogen-bond donors (Lipinski definition) is 1. The van der Waals surface area contributed by atoms with E-state index in [1.165, 1.54) is 4.90 Å². The summed E-state index contributed by atoms with van der Waals surface area (Å²) in [6, 6.07) is 22.2. The molecule has 1 saturated carbocycles. The van der Waals surface area contributed by atoms with Gasteiger partial charge in [-0.15, -0.1) is 0 Å². The van der Waals surface area contributed by atoms with Crippen molar-refractivity contribution in [2.75, 3.05) is 10.2 Å². The summed E-state index contributed by atoms with van der Waals surface area (Å²) in [6.45, 7) is 4.22. The lowest BCUT2D eigenvalue weighted by molar-refractivity contribution is -0.118. The van der Waals surface area contributed by atoms with Crippen molar-refractivity contribution in [1.82, 2.24) is 0 Å². The van der Waals surface area contributed by atoms with Crippen LogP contribution in [0.3, 0.4) is 0 Å². The number of carbonyl (C=O) groups excluding carboxylic acids is 3. The highest BCUT2D eigenvalue weighted by Gasteiger charge is 2.50. The van der Waals surface area contributed by atoms with Crippen molar-refractivity contribution in [1.29, 1.82) is 0 Å². The summed E-state index contributed by atoms with van der Waals surface area (Å²) in [5.74, 6) is -0.384. The molecule has 1 unspecified atom stereocenters. The highest BCUT2D eigenvalue weighted by molar-refractivity contribution is 6.34. The third-order valence-corrected chi connectivity index (χ3v) is 6.45. The molecule has 2 aliphatic rings. The van der Waals surface area contributed by atoms with Crippen LogP contribution < -0.4 is 10.2 Å². The zero-order chi connectivity index (χ0) is 22.5. The smallest absolute Gasteiger partial charge is 0.266 e. The van der Waals surface area contributed by atoms with Crippen LogP contribution in [0.1, 0.15) is 52.1 Å². The van der Waals surface area contributed by atoms with Gasteiger partial charge in [0.2, 0.25) is 5.91 Å². The summed E-state index contributed by atoms with van der Waals surface area (Å²) in [6.07, 6.45) is 1.65. The van der Waals surface area contributed by atoms with E-state index in [9.17, 15) is 14.4 Å². The molecule has 0 spiro atoms. The first-order chi connectivity index (χ1) is 15.3. The second-order valence-corrected chi connectivity index (χ2v) is 9.27. The zero-order valence-corrected chi connectivity index (χ0v) is 18.1. The maximum Gasteiger partial charge on any atom is 0.266 e. The number of nitrogens with zero attached hydrogens (tertiary/aromatic N) is 1. The number of fused-ring (bicyclic) bond motifs is 1. The van der Waals surface area contributed by atoms with E-state index in [1.807, 2.05) is 48.5 Å². The van der Waals surface area contributed by atoms with Crippen LogP contribution in [0, 0.1) is 11.3 Å². The minimum absolute atomic E-state index is 0.0893. The van der Waals surface area contributed by atoms with Crippen LogP contribution in [0.5, 0.6) is 0 Å². The number of nitrogens with one attached hydrogen (secondary N) is 1. The Bertz CT molecular complexity index is 1190. The summed E-state index contributed by atoms with van der Waals surface area (Å²) < 4.78 is 0. The second-order valence-electron chi connectivity index (χ2n) is 9.27. The van der Waals surface area contributed by atoms with Gasteiger partial charge in [0, 0.05) is 11.6 Å². The molecule has 1 N–H and O–H groups in total. The predicted octanol–water partition coefficient (Wildman–Crippen LogP) is 5.06. The number of imide groups is 1. The number of anilines is 2. The first-order valence-electron chi connectivity index (χ1n) is 10.8. The Balaban J connectivity index is 1.24. The summed E-state index contributed by atoms with van der Waals surface area (Å²) in [5, 5.41) is 3.00. The fraction of sp³-hybridized carbons (Fsp3) is 0.222. The van der Waals surface area contributed by atoms with Crippen molar-refractivity contribution >= 4 is 29.1 Å². The van der Waals surface area contributed by atoms with Crippen molar-refractivity contribution in [2.45, 2.75) is 26.7 Å². The minimum Gasteiger partial charge on any atom is -0.326 e. The highest BCUT2D eigenvalue weighted by atomic mass is 16.2. The van der Waals surface area contributed by atoms with Gasteiger partial charge in [0.1, 0.15) is 0 Å². The largest absolute Gasteiger partial charge is 0.326 e. The molecule has 1 aliphatic carbocycles. The van der Waals surface area contributed by atoms with Crippen LogP contribution in [0.25, 0.3) is 0 Å².